The number of nitrogens with zero attached hydrogens (tertiary/aromatic N) is 1. The second-order valence-electron chi connectivity index (χ2n) is 7.91. The average Bonchev–Trinajstić information content (AvgIpc) is 2.75. The van der Waals surface area contributed by atoms with E-state index in [1.807, 2.05) is 31.3 Å². The molecule has 2 N–H and O–H groups in total. The van der Waals surface area contributed by atoms with E-state index in [4.69, 9.17) is 9.47 Å². The summed E-state index contributed by atoms with van der Waals surface area (Å²) in [5.74, 6) is 1.43. The normalized spacial score (nSPS) is 18.7. The highest BCUT2D eigenvalue weighted by Crippen LogP contribution is 2.18. The summed E-state index contributed by atoms with van der Waals surface area (Å²) >= 11 is 0. The zero-order chi connectivity index (χ0) is 21.5. The van der Waals surface area contributed by atoms with Crippen molar-refractivity contribution in [3.8, 4) is 11.5 Å². The summed E-state index contributed by atoms with van der Waals surface area (Å²) in [5.41, 5.74) is 1.95. The molecule has 2 aromatic carbocycles. The quantitative estimate of drug-likeness (QED) is 0.625. The number of methoxy groups -OCH3 is 2. The molecule has 0 unspecified atom stereocenters. The van der Waals surface area contributed by atoms with Gasteiger partial charge in [-0.05, 0) is 35.9 Å². The Morgan fingerprint density at radius 3 is 2.47 bits per heavy atom. The van der Waals surface area contributed by atoms with Crippen LogP contribution in [-0.2, 0) is 17.9 Å². The summed E-state index contributed by atoms with van der Waals surface area (Å²) < 4.78 is 24.2. The van der Waals surface area contributed by atoms with E-state index >= 15 is 0 Å². The van der Waals surface area contributed by atoms with Gasteiger partial charge in [-0.3, -0.25) is 4.79 Å². The van der Waals surface area contributed by atoms with Crippen molar-refractivity contribution in [2.24, 2.45) is 0 Å². The number of benzene rings is 2. The summed E-state index contributed by atoms with van der Waals surface area (Å²) in [6, 6.07) is 12.5. The van der Waals surface area contributed by atoms with Gasteiger partial charge in [0.05, 0.1) is 19.8 Å². The molecule has 0 aromatic heterocycles. The Bertz CT molecular complexity index is 853. The molecule has 0 atom stereocenters. The van der Waals surface area contributed by atoms with Gasteiger partial charge in [0.1, 0.15) is 50.0 Å². The van der Waals surface area contributed by atoms with Crippen LogP contribution in [0.4, 0.5) is 4.39 Å². The van der Waals surface area contributed by atoms with Crippen LogP contribution in [0.3, 0.4) is 0 Å². The van der Waals surface area contributed by atoms with Crippen molar-refractivity contribution >= 4 is 5.91 Å². The van der Waals surface area contributed by atoms with E-state index in [9.17, 15) is 9.18 Å². The molecule has 1 aliphatic heterocycles. The van der Waals surface area contributed by atoms with Crippen LogP contribution in [0.5, 0.6) is 11.5 Å². The number of ether oxygens (including phenoxy) is 2. The van der Waals surface area contributed by atoms with Crippen LogP contribution in [0.25, 0.3) is 0 Å². The highest BCUT2D eigenvalue weighted by molar-refractivity contribution is 5.76. The fourth-order valence-corrected chi connectivity index (χ4v) is 3.95. The number of halogens is 1. The Morgan fingerprint density at radius 1 is 1.03 bits per heavy atom. The van der Waals surface area contributed by atoms with E-state index in [0.717, 1.165) is 55.3 Å². The molecular formula is C23H32FN3O3+2. The van der Waals surface area contributed by atoms with E-state index in [-0.39, 0.29) is 11.7 Å². The zero-order valence-electron chi connectivity index (χ0n) is 18.0. The lowest BCUT2D eigenvalue weighted by atomic mass is 10.1. The molecule has 1 aliphatic rings. The number of piperazine rings is 1. The lowest BCUT2D eigenvalue weighted by Gasteiger charge is -2.30. The summed E-state index contributed by atoms with van der Waals surface area (Å²) in [7, 11) is 5.10. The smallest absolute Gasteiger partial charge is 0.277 e. The van der Waals surface area contributed by atoms with Gasteiger partial charge in [-0.15, -0.1) is 0 Å². The van der Waals surface area contributed by atoms with Crippen molar-refractivity contribution in [2.75, 3.05) is 54.0 Å². The van der Waals surface area contributed by atoms with E-state index in [1.165, 1.54) is 15.9 Å². The minimum Gasteiger partial charge on any atom is -0.497 e. The fourth-order valence-electron chi connectivity index (χ4n) is 3.95. The molecule has 0 aliphatic carbocycles. The number of hydrogen-bond acceptors (Lipinski definition) is 3. The number of nitrogens with one attached hydrogen (secondary N) is 2. The van der Waals surface area contributed by atoms with Gasteiger partial charge in [-0.1, -0.05) is 12.1 Å². The average molecular weight is 418 g/mol. The van der Waals surface area contributed by atoms with E-state index < -0.39 is 0 Å². The van der Waals surface area contributed by atoms with Gasteiger partial charge in [-0.2, -0.15) is 0 Å². The molecule has 3 rings (SSSR count). The topological polar surface area (TPSA) is 47.6 Å². The van der Waals surface area contributed by atoms with E-state index in [1.54, 1.807) is 31.3 Å². The minimum absolute atomic E-state index is 0.142. The number of carbonyl (C=O) groups is 1. The zero-order valence-corrected chi connectivity index (χ0v) is 18.0. The van der Waals surface area contributed by atoms with Gasteiger partial charge < -0.3 is 24.2 Å². The van der Waals surface area contributed by atoms with E-state index in [2.05, 4.69) is 0 Å². The Labute approximate surface area is 177 Å². The van der Waals surface area contributed by atoms with Gasteiger partial charge in [0.2, 0.25) is 0 Å². The van der Waals surface area contributed by atoms with Gasteiger partial charge in [0.15, 0.2) is 6.54 Å². The molecule has 1 heterocycles. The van der Waals surface area contributed by atoms with Gasteiger partial charge in [-0.25, -0.2) is 4.39 Å². The number of quaternary nitrogens is 2. The molecule has 0 spiro atoms. The van der Waals surface area contributed by atoms with Crippen molar-refractivity contribution in [1.82, 2.24) is 4.90 Å². The van der Waals surface area contributed by atoms with Crippen LogP contribution in [0.1, 0.15) is 11.1 Å². The highest BCUT2D eigenvalue weighted by Gasteiger charge is 2.26. The molecule has 30 heavy (non-hydrogen) atoms. The Hall–Kier alpha value is -2.64. The number of rotatable bonds is 8. The molecule has 7 heteroatoms. The summed E-state index contributed by atoms with van der Waals surface area (Å²) in [5, 5.41) is 0. The molecule has 1 amide bonds. The number of hydrogen-bond donors (Lipinski definition) is 2. The van der Waals surface area contributed by atoms with Crippen LogP contribution < -0.4 is 19.3 Å². The lowest BCUT2D eigenvalue weighted by molar-refractivity contribution is -1.02. The summed E-state index contributed by atoms with van der Waals surface area (Å²) in [6.07, 6.45) is 0. The van der Waals surface area contributed by atoms with Crippen molar-refractivity contribution in [3.63, 3.8) is 0 Å². The van der Waals surface area contributed by atoms with Crippen molar-refractivity contribution in [2.45, 2.75) is 13.1 Å². The molecule has 1 fully saturated rings. The first-order chi connectivity index (χ1) is 14.5. The third kappa shape index (κ3) is 5.93. The molecule has 0 saturated carbocycles. The summed E-state index contributed by atoms with van der Waals surface area (Å²) in [6.45, 7) is 5.54. The van der Waals surface area contributed by atoms with Crippen LogP contribution in [0.15, 0.2) is 42.5 Å². The molecule has 6 nitrogen and oxygen atoms in total. The number of likely N-dealkylation sites (N-methyl/N-ethyl adjacent to an activating group) is 1. The van der Waals surface area contributed by atoms with E-state index in [0.29, 0.717) is 13.1 Å². The van der Waals surface area contributed by atoms with Crippen LogP contribution >= 0.6 is 0 Å². The summed E-state index contributed by atoms with van der Waals surface area (Å²) in [4.78, 5) is 17.1. The number of amides is 1. The molecule has 0 bridgehead atoms. The molecule has 162 valence electrons. The predicted octanol–water partition coefficient (Wildman–Crippen LogP) is -0.215. The lowest BCUT2D eigenvalue weighted by Crippen LogP contribution is -3.28. The third-order valence-electron chi connectivity index (χ3n) is 5.73. The SMILES string of the molecule is COc1cccc(CN(C)C(=O)C[NH+]2CC[NH+](Cc3cc(F)ccc3OC)CC2)c1. The third-order valence-corrected chi connectivity index (χ3v) is 5.73. The maximum absolute atomic E-state index is 13.6. The largest absolute Gasteiger partial charge is 0.497 e. The van der Waals surface area contributed by atoms with Gasteiger partial charge in [0.25, 0.3) is 5.91 Å². The van der Waals surface area contributed by atoms with Crippen LogP contribution in [-0.4, -0.2) is 64.8 Å². The predicted molar refractivity (Wildman–Crippen MR) is 112 cm³/mol. The van der Waals surface area contributed by atoms with Gasteiger partial charge >= 0.3 is 0 Å². The van der Waals surface area contributed by atoms with Gasteiger partial charge in [0, 0.05) is 13.6 Å². The van der Waals surface area contributed by atoms with Crippen LogP contribution in [0.2, 0.25) is 0 Å². The Balaban J connectivity index is 1.47. The maximum atomic E-state index is 13.6. The second-order valence-corrected chi connectivity index (χ2v) is 7.91. The highest BCUT2D eigenvalue weighted by atomic mass is 19.1. The molecular weight excluding hydrogens is 385 g/mol. The first-order valence-corrected chi connectivity index (χ1v) is 10.3. The van der Waals surface area contributed by atoms with Crippen molar-refractivity contribution < 1.29 is 28.5 Å². The maximum Gasteiger partial charge on any atom is 0.277 e. The first kappa shape index (κ1) is 22.1. The Kier molecular flexibility index (Phi) is 7.65. The standard InChI is InChI=1S/C23H30FN3O3/c1-25(15-18-5-4-6-21(13-18)29-2)23(28)17-27-11-9-26(10-12-27)16-19-14-20(24)7-8-22(19)30-3/h4-8,13-14H,9-12,15-17H2,1-3H3/p+2. The second kappa shape index (κ2) is 10.4. The molecule has 1 saturated heterocycles. The fraction of sp³-hybridized carbons (Fsp3) is 0.435. The van der Waals surface area contributed by atoms with Crippen molar-refractivity contribution in [3.05, 3.63) is 59.4 Å². The molecule has 0 radical (unpaired) electrons. The van der Waals surface area contributed by atoms with Crippen molar-refractivity contribution in [1.29, 1.82) is 0 Å². The Morgan fingerprint density at radius 2 is 1.77 bits per heavy atom. The monoisotopic (exact) mass is 417 g/mol. The molecule has 2 aromatic rings. The van der Waals surface area contributed by atoms with Crippen LogP contribution in [0, 0.1) is 5.82 Å². The minimum atomic E-state index is -0.237. The number of carbonyl (C=O) groups excluding carboxylic acids is 1. The first-order valence-electron chi connectivity index (χ1n) is 10.3.